The predicted molar refractivity (Wildman–Crippen MR) is 88.6 cm³/mol. The summed E-state index contributed by atoms with van der Waals surface area (Å²) in [6.07, 6.45) is -0.352. The minimum Gasteiger partial charge on any atom is -0.496 e. The molecule has 2 aromatic carbocycles. The van der Waals surface area contributed by atoms with E-state index in [0.717, 1.165) is 18.2 Å². The molecule has 2 aromatic rings. The highest BCUT2D eigenvalue weighted by Crippen LogP contribution is 2.25. The van der Waals surface area contributed by atoms with Crippen LogP contribution < -0.4 is 10.1 Å². The van der Waals surface area contributed by atoms with Crippen LogP contribution in [0.2, 0.25) is 0 Å². The van der Waals surface area contributed by atoms with Crippen LogP contribution in [0.25, 0.3) is 0 Å². The first-order chi connectivity index (χ1) is 12.7. The fraction of sp³-hybridized carbons (Fsp3) is 0.176. The zero-order chi connectivity index (χ0) is 20.1. The number of amides is 1. The third-order valence-electron chi connectivity index (χ3n) is 3.68. The van der Waals surface area contributed by atoms with Gasteiger partial charge in [0.15, 0.2) is 0 Å². The van der Waals surface area contributed by atoms with E-state index in [9.17, 15) is 33.6 Å². The number of carboxylic acids is 1. The average Bonchev–Trinajstić information content (AvgIpc) is 2.60. The highest BCUT2D eigenvalue weighted by molar-refractivity contribution is 5.96. The molecular weight excluding hydrogens is 366 g/mol. The largest absolute Gasteiger partial charge is 0.496 e. The number of nitrogens with one attached hydrogen (secondary N) is 1. The number of benzene rings is 2. The van der Waals surface area contributed by atoms with Crippen LogP contribution in [-0.4, -0.2) is 35.1 Å². The van der Waals surface area contributed by atoms with Crippen molar-refractivity contribution in [3.05, 3.63) is 69.3 Å². The molecule has 0 saturated heterocycles. The number of nitrogens with zero attached hydrogens (tertiary/aromatic N) is 1. The van der Waals surface area contributed by atoms with Gasteiger partial charge in [-0.05, 0) is 18.2 Å². The molecule has 0 spiro atoms. The average molecular weight is 380 g/mol. The fourth-order valence-corrected chi connectivity index (χ4v) is 2.37. The Hall–Kier alpha value is -3.56. The van der Waals surface area contributed by atoms with Gasteiger partial charge in [0.05, 0.1) is 17.6 Å². The maximum absolute atomic E-state index is 13.7. The van der Waals surface area contributed by atoms with E-state index in [0.29, 0.717) is 6.07 Å². The highest BCUT2D eigenvalue weighted by atomic mass is 19.1. The van der Waals surface area contributed by atoms with Crippen LogP contribution in [0.1, 0.15) is 15.9 Å². The molecule has 142 valence electrons. The Morgan fingerprint density at radius 1 is 1.26 bits per heavy atom. The quantitative estimate of drug-likeness (QED) is 0.562. The molecule has 2 rings (SSSR count). The molecule has 0 heterocycles. The van der Waals surface area contributed by atoms with Crippen LogP contribution in [0.4, 0.5) is 14.5 Å². The second kappa shape index (κ2) is 8.21. The Kier molecular flexibility index (Phi) is 6.01. The summed E-state index contributed by atoms with van der Waals surface area (Å²) in [7, 11) is 1.30. The number of carboxylic acid groups (broad SMARTS) is 1. The van der Waals surface area contributed by atoms with Crippen molar-refractivity contribution in [3.8, 4) is 5.75 Å². The molecule has 1 atom stereocenters. The topological polar surface area (TPSA) is 119 Å². The van der Waals surface area contributed by atoms with Gasteiger partial charge < -0.3 is 15.2 Å². The van der Waals surface area contributed by atoms with E-state index in [2.05, 4.69) is 5.32 Å². The first-order valence-corrected chi connectivity index (χ1v) is 7.53. The molecule has 1 amide bonds. The van der Waals surface area contributed by atoms with Crippen molar-refractivity contribution >= 4 is 17.6 Å². The molecule has 0 aliphatic rings. The number of halogens is 2. The minimum atomic E-state index is -1.53. The summed E-state index contributed by atoms with van der Waals surface area (Å²) >= 11 is 0. The Balaban J connectivity index is 2.28. The van der Waals surface area contributed by atoms with Gasteiger partial charge in [-0.2, -0.15) is 0 Å². The van der Waals surface area contributed by atoms with Crippen molar-refractivity contribution in [2.24, 2.45) is 0 Å². The molecule has 10 heteroatoms. The number of hydrogen-bond acceptors (Lipinski definition) is 5. The van der Waals surface area contributed by atoms with Crippen LogP contribution in [0, 0.1) is 21.7 Å². The van der Waals surface area contributed by atoms with Gasteiger partial charge in [-0.15, -0.1) is 0 Å². The van der Waals surface area contributed by atoms with Gasteiger partial charge in [0, 0.05) is 30.2 Å². The molecule has 2 N–H and O–H groups in total. The monoisotopic (exact) mass is 380 g/mol. The van der Waals surface area contributed by atoms with Crippen molar-refractivity contribution in [3.63, 3.8) is 0 Å². The van der Waals surface area contributed by atoms with Crippen molar-refractivity contribution in [1.29, 1.82) is 0 Å². The molecule has 0 aromatic heterocycles. The number of aliphatic carboxylic acids is 1. The van der Waals surface area contributed by atoms with Crippen molar-refractivity contribution in [1.82, 2.24) is 5.32 Å². The van der Waals surface area contributed by atoms with Gasteiger partial charge in [0.1, 0.15) is 23.4 Å². The highest BCUT2D eigenvalue weighted by Gasteiger charge is 2.25. The lowest BCUT2D eigenvalue weighted by Gasteiger charge is -2.16. The number of methoxy groups -OCH3 is 1. The normalized spacial score (nSPS) is 11.5. The third kappa shape index (κ3) is 4.75. The summed E-state index contributed by atoms with van der Waals surface area (Å²) < 4.78 is 31.7. The minimum absolute atomic E-state index is 0.166. The van der Waals surface area contributed by atoms with Crippen molar-refractivity contribution in [2.75, 3.05) is 7.11 Å². The van der Waals surface area contributed by atoms with Crippen molar-refractivity contribution < 1.29 is 33.1 Å². The zero-order valence-corrected chi connectivity index (χ0v) is 13.9. The zero-order valence-electron chi connectivity index (χ0n) is 13.9. The Morgan fingerprint density at radius 2 is 1.96 bits per heavy atom. The molecule has 0 bridgehead atoms. The molecule has 0 saturated carbocycles. The van der Waals surface area contributed by atoms with E-state index in [4.69, 9.17) is 4.74 Å². The summed E-state index contributed by atoms with van der Waals surface area (Å²) in [5.74, 6) is -4.36. The second-order valence-electron chi connectivity index (χ2n) is 5.45. The maximum Gasteiger partial charge on any atom is 0.326 e. The summed E-state index contributed by atoms with van der Waals surface area (Å²) in [4.78, 5) is 33.9. The van der Waals surface area contributed by atoms with Gasteiger partial charge in [-0.25, -0.2) is 13.6 Å². The fourth-order valence-electron chi connectivity index (χ4n) is 2.37. The SMILES string of the molecule is COc1ccc([N+](=O)[O-])cc1C[C@H](NC(=O)c1ccc(F)cc1F)C(=O)O. The number of carbonyl (C=O) groups excluding carboxylic acids is 1. The maximum atomic E-state index is 13.7. The third-order valence-corrected chi connectivity index (χ3v) is 3.68. The number of non-ortho nitro benzene ring substituents is 1. The summed E-state index contributed by atoms with van der Waals surface area (Å²) in [6, 6.07) is 4.31. The number of hydrogen-bond donors (Lipinski definition) is 2. The smallest absolute Gasteiger partial charge is 0.326 e. The molecule has 0 unspecified atom stereocenters. The number of ether oxygens (including phenoxy) is 1. The molecule has 0 radical (unpaired) electrons. The number of nitro groups is 1. The van der Waals surface area contributed by atoms with Crippen LogP contribution in [-0.2, 0) is 11.2 Å². The number of carbonyl (C=O) groups is 2. The van der Waals surface area contributed by atoms with Crippen LogP contribution in [0.5, 0.6) is 5.75 Å². The first kappa shape index (κ1) is 19.8. The Bertz CT molecular complexity index is 903. The molecule has 0 aliphatic heterocycles. The molecule has 0 aliphatic carbocycles. The lowest BCUT2D eigenvalue weighted by molar-refractivity contribution is -0.384. The van der Waals surface area contributed by atoms with Gasteiger partial charge in [-0.1, -0.05) is 0 Å². The lowest BCUT2D eigenvalue weighted by Crippen LogP contribution is -2.42. The summed E-state index contributed by atoms with van der Waals surface area (Å²) in [5.41, 5.74) is -0.654. The van der Waals surface area contributed by atoms with Gasteiger partial charge in [0.2, 0.25) is 0 Å². The van der Waals surface area contributed by atoms with E-state index < -0.39 is 40.0 Å². The van der Waals surface area contributed by atoms with E-state index in [1.165, 1.54) is 19.2 Å². The Labute approximate surface area is 151 Å². The van der Waals surface area contributed by atoms with E-state index in [1.54, 1.807) is 0 Å². The molecule has 27 heavy (non-hydrogen) atoms. The van der Waals surface area contributed by atoms with Crippen LogP contribution >= 0.6 is 0 Å². The van der Waals surface area contributed by atoms with Crippen molar-refractivity contribution in [2.45, 2.75) is 12.5 Å². The van der Waals surface area contributed by atoms with Gasteiger partial charge in [-0.3, -0.25) is 14.9 Å². The molecule has 0 fully saturated rings. The van der Waals surface area contributed by atoms with Crippen LogP contribution in [0.15, 0.2) is 36.4 Å². The lowest BCUT2D eigenvalue weighted by atomic mass is 10.0. The number of rotatable bonds is 7. The number of nitro benzene ring substituents is 1. The predicted octanol–water partition coefficient (Wildman–Crippen LogP) is 2.31. The van der Waals surface area contributed by atoms with Gasteiger partial charge in [0.25, 0.3) is 11.6 Å². The van der Waals surface area contributed by atoms with Crippen LogP contribution in [0.3, 0.4) is 0 Å². The standard InChI is InChI=1S/C17H14F2N2O6/c1-27-15-5-3-11(21(25)26)6-9(15)7-14(17(23)24)20-16(22)12-4-2-10(18)8-13(12)19/h2-6,8,14H,7H2,1H3,(H,20,22)(H,23,24)/t14-/m0/s1. The van der Waals surface area contributed by atoms with Gasteiger partial charge >= 0.3 is 5.97 Å². The molecule has 8 nitrogen and oxygen atoms in total. The first-order valence-electron chi connectivity index (χ1n) is 7.53. The van der Waals surface area contributed by atoms with E-state index in [1.807, 2.05) is 0 Å². The van der Waals surface area contributed by atoms with E-state index >= 15 is 0 Å². The van der Waals surface area contributed by atoms with E-state index in [-0.39, 0.29) is 23.4 Å². The summed E-state index contributed by atoms with van der Waals surface area (Å²) in [5, 5.41) is 22.4. The Morgan fingerprint density at radius 3 is 2.52 bits per heavy atom. The molecular formula is C17H14F2N2O6. The summed E-state index contributed by atoms with van der Waals surface area (Å²) in [6.45, 7) is 0. The second-order valence-corrected chi connectivity index (χ2v) is 5.45.